The maximum atomic E-state index is 13.6. The van der Waals surface area contributed by atoms with E-state index < -0.39 is 23.4 Å². The molecule has 0 unspecified atom stereocenters. The number of rotatable bonds is 6. The van der Waals surface area contributed by atoms with Gasteiger partial charge in [-0.1, -0.05) is 12.1 Å². The number of carbonyl (C=O) groups excluding carboxylic acids is 1. The second kappa shape index (κ2) is 9.26. The number of ether oxygens (including phenoxy) is 1. The molecule has 0 aliphatic heterocycles. The monoisotopic (exact) mass is 412 g/mol. The normalized spacial score (nSPS) is 12.0. The maximum absolute atomic E-state index is 13.6. The van der Waals surface area contributed by atoms with Gasteiger partial charge in [-0.05, 0) is 55.8 Å². The Balaban J connectivity index is 1.65. The molecular weight excluding hydrogens is 393 g/mol. The molecule has 1 heterocycles. The summed E-state index contributed by atoms with van der Waals surface area (Å²) in [5, 5.41) is 2.73. The van der Waals surface area contributed by atoms with Gasteiger partial charge in [0.25, 0.3) is 0 Å². The number of nitrogens with one attached hydrogen (secondary N) is 1. The Morgan fingerprint density at radius 2 is 1.80 bits per heavy atom. The highest BCUT2D eigenvalue weighted by atomic mass is 19.2. The van der Waals surface area contributed by atoms with Gasteiger partial charge >= 0.3 is 0 Å². The summed E-state index contributed by atoms with van der Waals surface area (Å²) >= 11 is 0. The third-order valence-corrected chi connectivity index (χ3v) is 4.29. The Morgan fingerprint density at radius 3 is 2.53 bits per heavy atom. The van der Waals surface area contributed by atoms with E-state index in [1.807, 2.05) is 25.1 Å². The molecule has 0 saturated carbocycles. The van der Waals surface area contributed by atoms with Crippen molar-refractivity contribution in [3.63, 3.8) is 0 Å². The summed E-state index contributed by atoms with van der Waals surface area (Å²) < 4.78 is 45.6. The van der Waals surface area contributed by atoms with Gasteiger partial charge in [0, 0.05) is 23.4 Å². The second-order valence-electron chi connectivity index (χ2n) is 6.66. The lowest BCUT2D eigenvalue weighted by Crippen LogP contribution is -2.24. The number of pyridine rings is 1. The molecule has 3 rings (SSSR count). The van der Waals surface area contributed by atoms with Gasteiger partial charge in [-0.3, -0.25) is 9.78 Å². The molecule has 0 aliphatic carbocycles. The molecule has 154 valence electrons. The smallest absolute Gasteiger partial charge is 0.244 e. The van der Waals surface area contributed by atoms with Crippen molar-refractivity contribution in [3.05, 3.63) is 95.1 Å². The van der Waals surface area contributed by atoms with E-state index in [9.17, 15) is 18.0 Å². The maximum Gasteiger partial charge on any atom is 0.244 e. The summed E-state index contributed by atoms with van der Waals surface area (Å²) in [4.78, 5) is 16.3. The molecule has 30 heavy (non-hydrogen) atoms. The van der Waals surface area contributed by atoms with Gasteiger partial charge in [0.15, 0.2) is 11.6 Å². The van der Waals surface area contributed by atoms with E-state index in [2.05, 4.69) is 10.3 Å². The van der Waals surface area contributed by atoms with E-state index in [0.717, 1.165) is 23.4 Å². The van der Waals surface area contributed by atoms with Crippen LogP contribution in [0.4, 0.5) is 13.2 Å². The first-order chi connectivity index (χ1) is 14.3. The fraction of sp³-hybridized carbons (Fsp3) is 0.130. The van der Waals surface area contributed by atoms with Crippen LogP contribution >= 0.6 is 0 Å². The lowest BCUT2D eigenvalue weighted by Gasteiger charge is -2.14. The number of aromatic nitrogens is 1. The number of aryl methyl sites for hydroxylation is 1. The van der Waals surface area contributed by atoms with E-state index in [0.29, 0.717) is 23.6 Å². The van der Waals surface area contributed by atoms with Crippen molar-refractivity contribution in [1.82, 2.24) is 10.3 Å². The van der Waals surface area contributed by atoms with Gasteiger partial charge < -0.3 is 10.1 Å². The number of benzene rings is 2. The summed E-state index contributed by atoms with van der Waals surface area (Å²) in [5.74, 6) is -2.77. The fourth-order valence-electron chi connectivity index (χ4n) is 2.67. The van der Waals surface area contributed by atoms with Gasteiger partial charge in [0.2, 0.25) is 5.91 Å². The highest BCUT2D eigenvalue weighted by Gasteiger charge is 2.11. The Morgan fingerprint density at radius 1 is 1.03 bits per heavy atom. The highest BCUT2D eigenvalue weighted by Crippen LogP contribution is 2.24. The van der Waals surface area contributed by atoms with E-state index >= 15 is 0 Å². The zero-order chi connectivity index (χ0) is 21.7. The average Bonchev–Trinajstić information content (AvgIpc) is 2.71. The largest absolute Gasteiger partial charge is 0.456 e. The minimum absolute atomic E-state index is 0.223. The van der Waals surface area contributed by atoms with Crippen LogP contribution < -0.4 is 10.1 Å². The Bertz CT molecular complexity index is 1080. The number of hydrogen-bond donors (Lipinski definition) is 1. The van der Waals surface area contributed by atoms with Crippen LogP contribution in [0.2, 0.25) is 0 Å². The second-order valence-corrected chi connectivity index (χ2v) is 6.66. The van der Waals surface area contributed by atoms with E-state index in [-0.39, 0.29) is 11.6 Å². The Labute approximate surface area is 172 Å². The molecule has 1 aromatic heterocycles. The van der Waals surface area contributed by atoms with Crippen LogP contribution in [-0.4, -0.2) is 10.9 Å². The van der Waals surface area contributed by atoms with Crippen LogP contribution in [-0.2, 0) is 4.79 Å². The van der Waals surface area contributed by atoms with Crippen molar-refractivity contribution in [3.8, 4) is 11.5 Å². The van der Waals surface area contributed by atoms with Crippen molar-refractivity contribution in [1.29, 1.82) is 0 Å². The van der Waals surface area contributed by atoms with Crippen molar-refractivity contribution in [2.45, 2.75) is 19.9 Å². The Hall–Kier alpha value is -3.61. The lowest BCUT2D eigenvalue weighted by atomic mass is 10.1. The van der Waals surface area contributed by atoms with Crippen molar-refractivity contribution in [2.75, 3.05) is 0 Å². The van der Waals surface area contributed by atoms with Gasteiger partial charge in [-0.2, -0.15) is 0 Å². The van der Waals surface area contributed by atoms with Crippen LogP contribution in [0.3, 0.4) is 0 Å². The molecule has 4 nitrogen and oxygen atoms in total. The third kappa shape index (κ3) is 5.47. The van der Waals surface area contributed by atoms with E-state index in [1.165, 1.54) is 0 Å². The molecule has 0 fully saturated rings. The van der Waals surface area contributed by atoms with E-state index in [1.54, 1.807) is 31.3 Å². The molecule has 0 radical (unpaired) electrons. The standard InChI is InChI=1S/C23H19F3N2O2/c1-14-6-8-19(13-27-14)30-18-5-3-4-16(10-18)15(2)28-23(29)9-7-17-11-21(25)22(26)12-20(17)24/h3-13,15H,1-2H3,(H,28,29)/b9-7+/t15-/m0/s1. The first kappa shape index (κ1) is 21.1. The molecule has 3 aromatic rings. The van der Waals surface area contributed by atoms with Crippen molar-refractivity contribution in [2.24, 2.45) is 0 Å². The zero-order valence-corrected chi connectivity index (χ0v) is 16.3. The molecule has 0 aliphatic rings. The van der Waals surface area contributed by atoms with Crippen molar-refractivity contribution >= 4 is 12.0 Å². The van der Waals surface area contributed by atoms with Crippen LogP contribution in [0.5, 0.6) is 11.5 Å². The predicted molar refractivity (Wildman–Crippen MR) is 107 cm³/mol. The predicted octanol–water partition coefficient (Wildman–Crippen LogP) is 5.49. The first-order valence-electron chi connectivity index (χ1n) is 9.15. The molecule has 1 amide bonds. The highest BCUT2D eigenvalue weighted by molar-refractivity contribution is 5.92. The number of hydrogen-bond acceptors (Lipinski definition) is 3. The zero-order valence-electron chi connectivity index (χ0n) is 16.3. The average molecular weight is 412 g/mol. The van der Waals surface area contributed by atoms with Gasteiger partial charge in [0.1, 0.15) is 17.3 Å². The SMILES string of the molecule is Cc1ccc(Oc2cccc([C@H](C)NC(=O)/C=C/c3cc(F)c(F)cc3F)c2)cn1. The minimum atomic E-state index is -1.29. The molecule has 2 aromatic carbocycles. The van der Waals surface area contributed by atoms with Gasteiger partial charge in [0.05, 0.1) is 12.2 Å². The minimum Gasteiger partial charge on any atom is -0.456 e. The lowest BCUT2D eigenvalue weighted by molar-refractivity contribution is -0.117. The van der Waals surface area contributed by atoms with Crippen LogP contribution in [0.25, 0.3) is 6.08 Å². The van der Waals surface area contributed by atoms with Crippen LogP contribution in [0.15, 0.2) is 60.8 Å². The van der Waals surface area contributed by atoms with Crippen molar-refractivity contribution < 1.29 is 22.7 Å². The first-order valence-corrected chi connectivity index (χ1v) is 9.15. The quantitative estimate of drug-likeness (QED) is 0.430. The molecule has 0 spiro atoms. The molecule has 1 N–H and O–H groups in total. The summed E-state index contributed by atoms with van der Waals surface area (Å²) in [6, 6.07) is 11.6. The molecule has 7 heteroatoms. The van der Waals surface area contributed by atoms with E-state index in [4.69, 9.17) is 4.74 Å². The summed E-state index contributed by atoms with van der Waals surface area (Å²) in [6.45, 7) is 3.65. The topological polar surface area (TPSA) is 51.2 Å². The summed E-state index contributed by atoms with van der Waals surface area (Å²) in [5.41, 5.74) is 1.44. The molecule has 1 atom stereocenters. The van der Waals surface area contributed by atoms with Crippen LogP contribution in [0, 0.1) is 24.4 Å². The molecular formula is C23H19F3N2O2. The summed E-state index contributed by atoms with van der Waals surface area (Å²) in [7, 11) is 0. The number of halogens is 3. The molecule has 0 bridgehead atoms. The number of carbonyl (C=O) groups is 1. The number of amides is 1. The Kier molecular flexibility index (Phi) is 6.51. The third-order valence-electron chi connectivity index (χ3n) is 4.29. The number of nitrogens with zero attached hydrogens (tertiary/aromatic N) is 1. The fourth-order valence-corrected chi connectivity index (χ4v) is 2.67. The summed E-state index contributed by atoms with van der Waals surface area (Å²) in [6.07, 6.45) is 3.77. The van der Waals surface area contributed by atoms with Gasteiger partial charge in [-0.15, -0.1) is 0 Å². The molecule has 0 saturated heterocycles. The van der Waals surface area contributed by atoms with Crippen LogP contribution in [0.1, 0.15) is 29.8 Å². The van der Waals surface area contributed by atoms with Gasteiger partial charge in [-0.25, -0.2) is 13.2 Å².